The second kappa shape index (κ2) is 5.36. The molecule has 1 N–H and O–H groups in total. The van der Waals surface area contributed by atoms with E-state index in [2.05, 4.69) is 15.3 Å². The summed E-state index contributed by atoms with van der Waals surface area (Å²) in [6.07, 6.45) is -5.57. The van der Waals surface area contributed by atoms with E-state index in [0.29, 0.717) is 5.56 Å². The fraction of sp³-hybridized carbons (Fsp3) is 0.200. The fourth-order valence-corrected chi connectivity index (χ4v) is 2.30. The SMILES string of the molecule is C[C@H](F)C(=O)Nc1ccc2c(c1)C(=O)c1nc(C(F)(F)F)ncc1-2. The molecule has 0 bridgehead atoms. The summed E-state index contributed by atoms with van der Waals surface area (Å²) in [5.74, 6) is -3.00. The van der Waals surface area contributed by atoms with Gasteiger partial charge in [0.25, 0.3) is 5.91 Å². The molecular weight excluding hydrogens is 330 g/mol. The van der Waals surface area contributed by atoms with Gasteiger partial charge >= 0.3 is 6.18 Å². The molecule has 1 aromatic carbocycles. The number of carbonyl (C=O) groups is 2. The zero-order valence-electron chi connectivity index (χ0n) is 12.1. The Hall–Kier alpha value is -2.84. The molecule has 0 radical (unpaired) electrons. The van der Waals surface area contributed by atoms with E-state index in [-0.39, 0.29) is 22.5 Å². The first-order chi connectivity index (χ1) is 11.2. The predicted molar refractivity (Wildman–Crippen MR) is 75.1 cm³/mol. The van der Waals surface area contributed by atoms with Gasteiger partial charge in [-0.1, -0.05) is 6.07 Å². The summed E-state index contributed by atoms with van der Waals surface area (Å²) in [6.45, 7) is 1.05. The van der Waals surface area contributed by atoms with Gasteiger partial charge in [0, 0.05) is 23.0 Å². The van der Waals surface area contributed by atoms with Crippen LogP contribution in [0, 0.1) is 0 Å². The molecule has 24 heavy (non-hydrogen) atoms. The number of benzene rings is 1. The van der Waals surface area contributed by atoms with Gasteiger partial charge in [0.2, 0.25) is 11.6 Å². The number of alkyl halides is 4. The lowest BCUT2D eigenvalue weighted by Gasteiger charge is -2.07. The minimum absolute atomic E-state index is 0.0722. The van der Waals surface area contributed by atoms with E-state index in [1.807, 2.05) is 0 Å². The number of fused-ring (bicyclic) bond motifs is 3. The number of hydrogen-bond donors (Lipinski definition) is 1. The standard InChI is InChI=1S/C15H9F4N3O2/c1-6(16)13(24)21-7-2-3-8-9(4-7)12(23)11-10(8)5-20-14(22-11)15(17,18)19/h2-6H,1H3,(H,21,24)/t6-/m0/s1. The van der Waals surface area contributed by atoms with Gasteiger partial charge in [-0.25, -0.2) is 14.4 Å². The first-order valence-corrected chi connectivity index (χ1v) is 6.77. The Morgan fingerprint density at radius 3 is 2.54 bits per heavy atom. The zero-order valence-corrected chi connectivity index (χ0v) is 12.1. The number of nitrogens with one attached hydrogen (secondary N) is 1. The summed E-state index contributed by atoms with van der Waals surface area (Å²) in [5.41, 5.74) is 0.417. The van der Waals surface area contributed by atoms with Crippen LogP contribution >= 0.6 is 0 Å². The maximum absolute atomic E-state index is 12.9. The minimum atomic E-state index is -4.76. The highest BCUT2D eigenvalue weighted by atomic mass is 19.4. The maximum atomic E-state index is 12.9. The molecule has 0 unspecified atom stereocenters. The summed E-state index contributed by atoms with van der Waals surface area (Å²) in [4.78, 5) is 30.2. The molecule has 5 nitrogen and oxygen atoms in total. The molecule has 0 saturated carbocycles. The molecule has 0 fully saturated rings. The zero-order chi connectivity index (χ0) is 17.6. The Bertz CT molecular complexity index is 862. The van der Waals surface area contributed by atoms with Gasteiger partial charge in [0.15, 0.2) is 6.17 Å². The summed E-state index contributed by atoms with van der Waals surface area (Å²) in [5, 5.41) is 2.27. The number of ketones is 1. The van der Waals surface area contributed by atoms with Crippen molar-refractivity contribution >= 4 is 17.4 Å². The molecule has 3 rings (SSSR count). The third-order valence-electron chi connectivity index (χ3n) is 3.44. The van der Waals surface area contributed by atoms with E-state index >= 15 is 0 Å². The third-order valence-corrected chi connectivity index (χ3v) is 3.44. The smallest absolute Gasteiger partial charge is 0.324 e. The Morgan fingerprint density at radius 1 is 1.21 bits per heavy atom. The average Bonchev–Trinajstić information content (AvgIpc) is 2.79. The summed E-state index contributed by atoms with van der Waals surface area (Å²) >= 11 is 0. The van der Waals surface area contributed by atoms with Gasteiger partial charge in [0.1, 0.15) is 5.69 Å². The van der Waals surface area contributed by atoms with Crippen molar-refractivity contribution in [3.8, 4) is 11.1 Å². The lowest BCUT2D eigenvalue weighted by atomic mass is 10.1. The van der Waals surface area contributed by atoms with Crippen LogP contribution in [0.5, 0.6) is 0 Å². The molecule has 1 aliphatic carbocycles. The third kappa shape index (κ3) is 2.61. The van der Waals surface area contributed by atoms with Gasteiger partial charge < -0.3 is 5.32 Å². The normalized spacial score (nSPS) is 14.1. The van der Waals surface area contributed by atoms with Crippen LogP contribution in [0.4, 0.5) is 23.2 Å². The van der Waals surface area contributed by atoms with Crippen LogP contribution in [0.1, 0.15) is 28.8 Å². The van der Waals surface area contributed by atoms with Crippen molar-refractivity contribution in [1.82, 2.24) is 9.97 Å². The van der Waals surface area contributed by atoms with Crippen LogP contribution < -0.4 is 5.32 Å². The number of aromatic nitrogens is 2. The predicted octanol–water partition coefficient (Wildman–Crippen LogP) is 3.00. The van der Waals surface area contributed by atoms with Crippen molar-refractivity contribution < 1.29 is 27.2 Å². The van der Waals surface area contributed by atoms with Crippen LogP contribution in [0.15, 0.2) is 24.4 Å². The molecule has 9 heteroatoms. The van der Waals surface area contributed by atoms with Crippen molar-refractivity contribution in [3.63, 3.8) is 0 Å². The van der Waals surface area contributed by atoms with Gasteiger partial charge in [-0.05, 0) is 24.6 Å². The van der Waals surface area contributed by atoms with Crippen LogP contribution in [-0.4, -0.2) is 27.8 Å². The number of rotatable bonds is 2. The van der Waals surface area contributed by atoms with Crippen molar-refractivity contribution in [1.29, 1.82) is 0 Å². The van der Waals surface area contributed by atoms with Crippen molar-refractivity contribution in [2.45, 2.75) is 19.3 Å². The summed E-state index contributed by atoms with van der Waals surface area (Å²) in [6, 6.07) is 4.13. The molecule has 124 valence electrons. The number of anilines is 1. The van der Waals surface area contributed by atoms with Gasteiger partial charge in [0.05, 0.1) is 0 Å². The van der Waals surface area contributed by atoms with Crippen molar-refractivity contribution in [2.24, 2.45) is 0 Å². The molecular formula is C15H9F4N3O2. The number of carbonyl (C=O) groups excluding carboxylic acids is 2. The molecule has 0 spiro atoms. The Kier molecular flexibility index (Phi) is 3.58. The average molecular weight is 339 g/mol. The largest absolute Gasteiger partial charge is 0.451 e. The maximum Gasteiger partial charge on any atom is 0.451 e. The van der Waals surface area contributed by atoms with Gasteiger partial charge in [-0.2, -0.15) is 13.2 Å². The van der Waals surface area contributed by atoms with E-state index in [1.54, 1.807) is 0 Å². The van der Waals surface area contributed by atoms with Crippen LogP contribution in [0.2, 0.25) is 0 Å². The second-order valence-corrected chi connectivity index (χ2v) is 5.15. The van der Waals surface area contributed by atoms with Gasteiger partial charge in [-0.3, -0.25) is 9.59 Å². The molecule has 0 aliphatic heterocycles. The highest BCUT2D eigenvalue weighted by Gasteiger charge is 2.38. The number of nitrogens with zero attached hydrogens (tertiary/aromatic N) is 2. The van der Waals surface area contributed by atoms with E-state index in [0.717, 1.165) is 13.1 Å². The van der Waals surface area contributed by atoms with E-state index in [4.69, 9.17) is 0 Å². The molecule has 0 saturated heterocycles. The monoisotopic (exact) mass is 339 g/mol. The minimum Gasteiger partial charge on any atom is -0.324 e. The lowest BCUT2D eigenvalue weighted by molar-refractivity contribution is -0.145. The number of hydrogen-bond acceptors (Lipinski definition) is 4. The summed E-state index contributed by atoms with van der Waals surface area (Å²) < 4.78 is 50.9. The first-order valence-electron chi connectivity index (χ1n) is 6.77. The van der Waals surface area contributed by atoms with Crippen LogP contribution in [0.25, 0.3) is 11.1 Å². The van der Waals surface area contributed by atoms with Crippen LogP contribution in [0.3, 0.4) is 0 Å². The fourth-order valence-electron chi connectivity index (χ4n) is 2.30. The number of halogens is 4. The highest BCUT2D eigenvalue weighted by molar-refractivity contribution is 6.21. The second-order valence-electron chi connectivity index (χ2n) is 5.15. The Labute approximate surface area is 132 Å². The van der Waals surface area contributed by atoms with E-state index in [9.17, 15) is 27.2 Å². The van der Waals surface area contributed by atoms with E-state index in [1.165, 1.54) is 18.2 Å². The lowest BCUT2D eigenvalue weighted by Crippen LogP contribution is -2.21. The summed E-state index contributed by atoms with van der Waals surface area (Å²) in [7, 11) is 0. The molecule has 1 amide bonds. The molecule has 1 aliphatic rings. The Balaban J connectivity index is 2.01. The quantitative estimate of drug-likeness (QED) is 0.729. The molecule has 2 aromatic rings. The topological polar surface area (TPSA) is 72.0 Å². The molecule has 1 atom stereocenters. The van der Waals surface area contributed by atoms with Crippen molar-refractivity contribution in [2.75, 3.05) is 5.32 Å². The van der Waals surface area contributed by atoms with E-state index < -0.39 is 29.9 Å². The van der Waals surface area contributed by atoms with Crippen LogP contribution in [-0.2, 0) is 11.0 Å². The highest BCUT2D eigenvalue weighted by Crippen LogP contribution is 2.38. The molecule has 1 aromatic heterocycles. The first kappa shape index (κ1) is 16.0. The Morgan fingerprint density at radius 2 is 1.92 bits per heavy atom. The molecule has 1 heterocycles. The van der Waals surface area contributed by atoms with Gasteiger partial charge in [-0.15, -0.1) is 0 Å². The number of amides is 1. The van der Waals surface area contributed by atoms with Crippen molar-refractivity contribution in [3.05, 3.63) is 41.5 Å².